The van der Waals surface area contributed by atoms with Crippen molar-refractivity contribution < 1.29 is 14.6 Å². The number of carbonyl (C=O) groups is 1. The zero-order valence-corrected chi connectivity index (χ0v) is 12.1. The van der Waals surface area contributed by atoms with Crippen molar-refractivity contribution in [2.75, 3.05) is 26.2 Å². The first kappa shape index (κ1) is 14.4. The Morgan fingerprint density at radius 2 is 1.86 bits per heavy atom. The van der Waals surface area contributed by atoms with Gasteiger partial charge in [-0.1, -0.05) is 30.3 Å². The molecule has 1 N–H and O–H groups in total. The summed E-state index contributed by atoms with van der Waals surface area (Å²) in [6, 6.07) is 10.2. The molecule has 2 heterocycles. The Kier molecular flexibility index (Phi) is 4.41. The molecule has 5 heteroatoms. The number of hydrogen-bond acceptors (Lipinski definition) is 4. The minimum absolute atomic E-state index is 0.154. The molecule has 0 aromatic heterocycles. The maximum Gasteiger partial charge on any atom is 0.410 e. The maximum atomic E-state index is 12.0. The van der Waals surface area contributed by atoms with Gasteiger partial charge in [-0.05, 0) is 18.4 Å². The number of aliphatic hydroxyl groups excluding tert-OH is 1. The second-order valence-electron chi connectivity index (χ2n) is 5.87. The summed E-state index contributed by atoms with van der Waals surface area (Å²) >= 11 is 0. The van der Waals surface area contributed by atoms with Crippen LogP contribution < -0.4 is 0 Å². The second kappa shape index (κ2) is 6.45. The molecule has 1 aromatic carbocycles. The first-order chi connectivity index (χ1) is 10.2. The van der Waals surface area contributed by atoms with E-state index >= 15 is 0 Å². The number of β-amino-alcohol motifs (C(OH)–C–C–N with tert-alkyl or cyclic N) is 1. The van der Waals surface area contributed by atoms with E-state index in [1.165, 1.54) is 0 Å². The highest BCUT2D eigenvalue weighted by molar-refractivity contribution is 5.67. The number of ether oxygens (including phenoxy) is 1. The number of piperidine rings is 1. The van der Waals surface area contributed by atoms with Gasteiger partial charge in [0.2, 0.25) is 0 Å². The molecule has 1 aromatic rings. The molecule has 0 spiro atoms. The van der Waals surface area contributed by atoms with Crippen molar-refractivity contribution in [2.24, 2.45) is 0 Å². The van der Waals surface area contributed by atoms with Crippen LogP contribution in [0.3, 0.4) is 0 Å². The molecule has 2 saturated heterocycles. The molecular weight excluding hydrogens is 268 g/mol. The van der Waals surface area contributed by atoms with E-state index in [4.69, 9.17) is 4.74 Å². The van der Waals surface area contributed by atoms with E-state index in [2.05, 4.69) is 4.90 Å². The van der Waals surface area contributed by atoms with Crippen LogP contribution in [0.4, 0.5) is 4.79 Å². The standard InChI is InChI=1S/C16H22N2O3/c19-15-10-18(11-15)14-6-8-17(9-7-14)16(20)21-12-13-4-2-1-3-5-13/h1-5,14-15,19H,6-12H2. The van der Waals surface area contributed by atoms with Crippen LogP contribution in [0, 0.1) is 0 Å². The van der Waals surface area contributed by atoms with Crippen molar-refractivity contribution in [1.82, 2.24) is 9.80 Å². The zero-order chi connectivity index (χ0) is 14.7. The van der Waals surface area contributed by atoms with Crippen LogP contribution in [0.1, 0.15) is 18.4 Å². The summed E-state index contributed by atoms with van der Waals surface area (Å²) < 4.78 is 5.35. The van der Waals surface area contributed by atoms with Gasteiger partial charge >= 0.3 is 6.09 Å². The van der Waals surface area contributed by atoms with E-state index in [9.17, 15) is 9.90 Å². The normalized spacial score (nSPS) is 21.1. The summed E-state index contributed by atoms with van der Waals surface area (Å²) in [5.41, 5.74) is 1.01. The van der Waals surface area contributed by atoms with E-state index in [1.807, 2.05) is 30.3 Å². The molecule has 0 atom stereocenters. The smallest absolute Gasteiger partial charge is 0.410 e. The van der Waals surface area contributed by atoms with Crippen LogP contribution in [-0.2, 0) is 11.3 Å². The number of amides is 1. The molecular formula is C16H22N2O3. The Labute approximate surface area is 125 Å². The lowest BCUT2D eigenvalue weighted by Gasteiger charge is -2.45. The molecule has 0 bridgehead atoms. The van der Waals surface area contributed by atoms with Crippen molar-refractivity contribution in [3.05, 3.63) is 35.9 Å². The Morgan fingerprint density at radius 3 is 2.48 bits per heavy atom. The Balaban J connectivity index is 1.40. The fourth-order valence-electron chi connectivity index (χ4n) is 3.01. The van der Waals surface area contributed by atoms with Gasteiger partial charge in [-0.2, -0.15) is 0 Å². The van der Waals surface area contributed by atoms with E-state index in [1.54, 1.807) is 4.90 Å². The summed E-state index contributed by atoms with van der Waals surface area (Å²) in [5.74, 6) is 0. The number of rotatable bonds is 3. The van der Waals surface area contributed by atoms with Crippen molar-refractivity contribution in [3.8, 4) is 0 Å². The molecule has 2 aliphatic heterocycles. The van der Waals surface area contributed by atoms with Crippen LogP contribution in [-0.4, -0.2) is 59.3 Å². The molecule has 0 saturated carbocycles. The lowest BCUT2D eigenvalue weighted by molar-refractivity contribution is -0.0394. The molecule has 0 radical (unpaired) electrons. The Bertz CT molecular complexity index is 466. The van der Waals surface area contributed by atoms with Gasteiger partial charge in [-0.15, -0.1) is 0 Å². The molecule has 5 nitrogen and oxygen atoms in total. The summed E-state index contributed by atoms with van der Waals surface area (Å²) in [4.78, 5) is 16.1. The summed E-state index contributed by atoms with van der Waals surface area (Å²) in [7, 11) is 0. The van der Waals surface area contributed by atoms with E-state index in [-0.39, 0.29) is 12.2 Å². The SMILES string of the molecule is O=C(OCc1ccccc1)N1CCC(N2CC(O)C2)CC1. The van der Waals surface area contributed by atoms with Crippen LogP contribution in [0.25, 0.3) is 0 Å². The number of carbonyl (C=O) groups excluding carboxylic acids is 1. The molecule has 21 heavy (non-hydrogen) atoms. The van der Waals surface area contributed by atoms with E-state index in [0.29, 0.717) is 12.6 Å². The van der Waals surface area contributed by atoms with Gasteiger partial charge in [0.05, 0.1) is 6.10 Å². The number of likely N-dealkylation sites (tertiary alicyclic amines) is 2. The Morgan fingerprint density at radius 1 is 1.19 bits per heavy atom. The number of benzene rings is 1. The maximum absolute atomic E-state index is 12.0. The predicted octanol–water partition coefficient (Wildman–Crippen LogP) is 1.46. The average Bonchev–Trinajstić information content (AvgIpc) is 2.51. The lowest BCUT2D eigenvalue weighted by Crippen LogP contribution is -2.58. The zero-order valence-electron chi connectivity index (χ0n) is 12.1. The fraction of sp³-hybridized carbons (Fsp3) is 0.562. The monoisotopic (exact) mass is 290 g/mol. The van der Waals surface area contributed by atoms with E-state index < -0.39 is 0 Å². The van der Waals surface area contributed by atoms with Gasteiger partial charge in [0.1, 0.15) is 6.61 Å². The minimum Gasteiger partial charge on any atom is -0.445 e. The number of nitrogens with zero attached hydrogens (tertiary/aromatic N) is 2. The van der Waals surface area contributed by atoms with Gasteiger partial charge in [-0.3, -0.25) is 4.90 Å². The fourth-order valence-corrected chi connectivity index (χ4v) is 3.01. The molecule has 0 unspecified atom stereocenters. The first-order valence-corrected chi connectivity index (χ1v) is 7.60. The lowest BCUT2D eigenvalue weighted by atomic mass is 9.99. The highest BCUT2D eigenvalue weighted by atomic mass is 16.6. The molecule has 1 amide bonds. The van der Waals surface area contributed by atoms with Gasteiger partial charge in [-0.25, -0.2) is 4.79 Å². The summed E-state index contributed by atoms with van der Waals surface area (Å²) in [6.07, 6.45) is 1.56. The first-order valence-electron chi connectivity index (χ1n) is 7.60. The molecule has 2 aliphatic rings. The highest BCUT2D eigenvalue weighted by Gasteiger charge is 2.34. The molecule has 114 valence electrons. The average molecular weight is 290 g/mol. The number of aliphatic hydroxyl groups is 1. The third-order valence-corrected chi connectivity index (χ3v) is 4.33. The van der Waals surface area contributed by atoms with Crippen molar-refractivity contribution in [3.63, 3.8) is 0 Å². The largest absolute Gasteiger partial charge is 0.445 e. The van der Waals surface area contributed by atoms with Crippen LogP contribution >= 0.6 is 0 Å². The molecule has 0 aliphatic carbocycles. The van der Waals surface area contributed by atoms with Gasteiger partial charge in [0.25, 0.3) is 0 Å². The van der Waals surface area contributed by atoms with Gasteiger partial charge < -0.3 is 14.7 Å². The topological polar surface area (TPSA) is 53.0 Å². The van der Waals surface area contributed by atoms with Gasteiger partial charge in [0, 0.05) is 32.2 Å². The van der Waals surface area contributed by atoms with Crippen molar-refractivity contribution >= 4 is 6.09 Å². The second-order valence-corrected chi connectivity index (χ2v) is 5.87. The van der Waals surface area contributed by atoms with E-state index in [0.717, 1.165) is 44.6 Å². The van der Waals surface area contributed by atoms with Crippen LogP contribution in [0.2, 0.25) is 0 Å². The highest BCUT2D eigenvalue weighted by Crippen LogP contribution is 2.22. The predicted molar refractivity (Wildman–Crippen MR) is 78.8 cm³/mol. The number of hydrogen-bond donors (Lipinski definition) is 1. The minimum atomic E-state index is -0.221. The third kappa shape index (κ3) is 3.54. The van der Waals surface area contributed by atoms with Crippen LogP contribution in [0.15, 0.2) is 30.3 Å². The third-order valence-electron chi connectivity index (χ3n) is 4.33. The quantitative estimate of drug-likeness (QED) is 0.916. The molecule has 3 rings (SSSR count). The van der Waals surface area contributed by atoms with Crippen molar-refractivity contribution in [1.29, 1.82) is 0 Å². The summed E-state index contributed by atoms with van der Waals surface area (Å²) in [6.45, 7) is 3.37. The van der Waals surface area contributed by atoms with Crippen LogP contribution in [0.5, 0.6) is 0 Å². The molecule has 2 fully saturated rings. The Hall–Kier alpha value is -1.59. The van der Waals surface area contributed by atoms with Crippen molar-refractivity contribution in [2.45, 2.75) is 31.6 Å². The van der Waals surface area contributed by atoms with Gasteiger partial charge in [0.15, 0.2) is 0 Å². The summed E-state index contributed by atoms with van der Waals surface area (Å²) in [5, 5.41) is 9.34.